The van der Waals surface area contributed by atoms with Gasteiger partial charge in [0.1, 0.15) is 16.4 Å². The van der Waals surface area contributed by atoms with Gasteiger partial charge in [-0.25, -0.2) is 4.18 Å². The number of phenolic OH excluding ortho intramolecular Hbond substituents is 2. The molecule has 0 aromatic heterocycles. The van der Waals surface area contributed by atoms with Crippen molar-refractivity contribution >= 4 is 167 Å². The highest BCUT2D eigenvalue weighted by molar-refractivity contribution is 9.15. The molecule has 0 aliphatic carbocycles. The number of rotatable bonds is 4. The minimum absolute atomic E-state index is 0.0287. The Labute approximate surface area is 293 Å². The van der Waals surface area contributed by atoms with Crippen LogP contribution in [0.5, 0.6) is 11.5 Å². The van der Waals surface area contributed by atoms with Crippen molar-refractivity contribution in [1.82, 2.24) is 0 Å². The number of hydrogen-bond donors (Lipinski definition) is 2. The highest BCUT2D eigenvalue weighted by Crippen LogP contribution is 2.60. The third kappa shape index (κ3) is 4.97. The number of carbonyl (C=O) groups is 1. The van der Waals surface area contributed by atoms with Crippen LogP contribution in [0.4, 0.5) is 0 Å². The highest BCUT2D eigenvalue weighted by Gasteiger charge is 2.56. The molecule has 0 fully saturated rings. The molecule has 1 unspecified atom stereocenters. The highest BCUT2D eigenvalue weighted by atomic mass is 79.9. The number of phenols is 2. The Morgan fingerprint density at radius 1 is 0.789 bits per heavy atom. The van der Waals surface area contributed by atoms with Gasteiger partial charge in [0.15, 0.2) is 16.2 Å². The van der Waals surface area contributed by atoms with Crippen LogP contribution >= 0.6 is 151 Å². The fraction of sp³-hybridized carbons (Fsp3) is 0.0952. The van der Waals surface area contributed by atoms with Crippen molar-refractivity contribution in [2.24, 2.45) is 0 Å². The van der Waals surface area contributed by atoms with Gasteiger partial charge in [0.25, 0.3) is 10.1 Å². The van der Waals surface area contributed by atoms with Crippen LogP contribution in [0.2, 0.25) is 0 Å². The normalized spacial score (nSPS) is 18.2. The van der Waals surface area contributed by atoms with Gasteiger partial charge >= 0.3 is 0 Å². The fourth-order valence-electron chi connectivity index (χ4n) is 3.94. The van der Waals surface area contributed by atoms with E-state index in [9.17, 15) is 23.4 Å². The molecule has 0 bridgehead atoms. The molecule has 0 spiro atoms. The molecule has 3 aromatic rings. The van der Waals surface area contributed by atoms with E-state index in [2.05, 4.69) is 127 Å². The average Bonchev–Trinajstić information content (AvgIpc) is 3.10. The largest absolute Gasteiger partial charge is 0.506 e. The number of aromatic hydroxyl groups is 2. The van der Waals surface area contributed by atoms with Crippen molar-refractivity contribution in [2.75, 3.05) is 0 Å². The van der Waals surface area contributed by atoms with Gasteiger partial charge in [-0.15, -0.1) is 0 Å². The molecular weight excluding hydrogens is 1090 g/mol. The maximum atomic E-state index is 13.7. The fourth-order valence-corrected chi connectivity index (χ4v) is 11.4. The molecule has 38 heavy (non-hydrogen) atoms. The van der Waals surface area contributed by atoms with E-state index in [0.717, 1.165) is 0 Å². The molecule has 1 heterocycles. The van der Waals surface area contributed by atoms with Gasteiger partial charge < -0.3 is 10.2 Å². The monoisotopic (exact) mass is 1090 g/mol. The van der Waals surface area contributed by atoms with Crippen LogP contribution in [-0.2, 0) is 19.9 Å². The summed E-state index contributed by atoms with van der Waals surface area (Å²) in [6.07, 6.45) is 0. The molecule has 202 valence electrons. The quantitative estimate of drug-likeness (QED) is 0.0888. The third-order valence-electron chi connectivity index (χ3n) is 5.50. The second-order valence-corrected chi connectivity index (χ2v) is 16.7. The number of alkyl halides is 2. The number of halogens is 10. The Bertz CT molecular complexity index is 1660. The SMILES string of the molecule is O=C(c1c(C2(c3cc(Br)c(O)c(Br)c3)OS(=O)(=O)c3c(Br)c(Br)c(Br)c(Br)c32)cc(Br)c(O)c1Br)C(Cl)Cl. The summed E-state index contributed by atoms with van der Waals surface area (Å²) in [6.45, 7) is 0. The van der Waals surface area contributed by atoms with E-state index in [1.165, 1.54) is 18.2 Å². The molecule has 2 N–H and O–H groups in total. The van der Waals surface area contributed by atoms with Gasteiger partial charge in [-0.05, 0) is 151 Å². The Morgan fingerprint density at radius 3 is 1.82 bits per heavy atom. The van der Waals surface area contributed by atoms with Crippen molar-refractivity contribution < 1.29 is 27.6 Å². The molecular formula is C21H6Br8Cl2O6S. The third-order valence-corrected chi connectivity index (χ3v) is 14.9. The maximum Gasteiger partial charge on any atom is 0.300 e. The first-order chi connectivity index (χ1) is 17.5. The second kappa shape index (κ2) is 11.4. The zero-order chi connectivity index (χ0) is 28.6. The van der Waals surface area contributed by atoms with Gasteiger partial charge in [-0.1, -0.05) is 23.2 Å². The molecule has 0 radical (unpaired) electrons. The molecule has 0 saturated carbocycles. The Hall–Kier alpha value is 1.26. The number of hydrogen-bond acceptors (Lipinski definition) is 6. The van der Waals surface area contributed by atoms with Gasteiger partial charge in [-0.3, -0.25) is 4.79 Å². The standard InChI is InChI=1S/C21H6Br8Cl2O6S/c22-6-1-4(2-7(23)16(6)32)21(5-3-8(24)17(33)11(25)9(5)18(34)20(30)31)10-12(26)13(27)14(28)15(29)19(10)38(35,36)37-21/h1-3,20,32-33H. The lowest BCUT2D eigenvalue weighted by Gasteiger charge is -2.33. The van der Waals surface area contributed by atoms with Crippen molar-refractivity contribution in [3.8, 4) is 11.5 Å². The summed E-state index contributed by atoms with van der Waals surface area (Å²) in [4.78, 5) is 11.6. The van der Waals surface area contributed by atoms with Crippen LogP contribution in [-0.4, -0.2) is 29.3 Å². The van der Waals surface area contributed by atoms with E-state index < -0.39 is 26.3 Å². The number of carbonyl (C=O) groups excluding carboxylic acids is 1. The van der Waals surface area contributed by atoms with E-state index in [-0.39, 0.29) is 65.5 Å². The topological polar surface area (TPSA) is 101 Å². The molecule has 1 atom stereocenters. The Kier molecular flexibility index (Phi) is 9.65. The lowest BCUT2D eigenvalue weighted by atomic mass is 9.77. The lowest BCUT2D eigenvalue weighted by Crippen LogP contribution is -2.33. The van der Waals surface area contributed by atoms with Crippen LogP contribution in [0.15, 0.2) is 58.9 Å². The van der Waals surface area contributed by atoms with Crippen molar-refractivity contribution in [2.45, 2.75) is 15.3 Å². The van der Waals surface area contributed by atoms with E-state index in [1.807, 2.05) is 0 Å². The maximum absolute atomic E-state index is 13.7. The molecule has 3 aromatic carbocycles. The number of benzene rings is 3. The summed E-state index contributed by atoms with van der Waals surface area (Å²) in [7, 11) is -4.53. The first-order valence-electron chi connectivity index (χ1n) is 9.53. The van der Waals surface area contributed by atoms with Crippen LogP contribution in [0.25, 0.3) is 0 Å². The lowest BCUT2D eigenvalue weighted by molar-refractivity contribution is 0.0996. The molecule has 17 heteroatoms. The zero-order valence-electron chi connectivity index (χ0n) is 17.5. The first kappa shape index (κ1) is 32.2. The van der Waals surface area contributed by atoms with Crippen molar-refractivity contribution in [3.63, 3.8) is 0 Å². The number of fused-ring (bicyclic) bond motifs is 1. The van der Waals surface area contributed by atoms with Crippen LogP contribution in [0.3, 0.4) is 0 Å². The van der Waals surface area contributed by atoms with Crippen molar-refractivity contribution in [1.29, 1.82) is 0 Å². The average molecular weight is 1100 g/mol. The van der Waals surface area contributed by atoms with E-state index in [4.69, 9.17) is 27.4 Å². The predicted octanol–water partition coefficient (Wildman–Crippen LogP) is 10.2. The van der Waals surface area contributed by atoms with Crippen LogP contribution in [0, 0.1) is 0 Å². The molecule has 0 amide bonds. The van der Waals surface area contributed by atoms with E-state index in [1.54, 1.807) is 0 Å². The summed E-state index contributed by atoms with van der Waals surface area (Å²) in [5.74, 6) is -1.35. The molecule has 1 aliphatic rings. The smallest absolute Gasteiger partial charge is 0.300 e. The molecule has 1 aliphatic heterocycles. The van der Waals surface area contributed by atoms with E-state index in [0.29, 0.717) is 8.95 Å². The minimum atomic E-state index is -4.53. The van der Waals surface area contributed by atoms with Gasteiger partial charge in [0.2, 0.25) is 0 Å². The summed E-state index contributed by atoms with van der Waals surface area (Å²) in [6, 6.07) is 4.24. The summed E-state index contributed by atoms with van der Waals surface area (Å²) >= 11 is 38.8. The Morgan fingerprint density at radius 2 is 1.29 bits per heavy atom. The molecule has 0 saturated heterocycles. The molecule has 4 rings (SSSR count). The molecule has 6 nitrogen and oxygen atoms in total. The number of Topliss-reactive ketones (excluding diaryl/α,β-unsaturated/α-hetero) is 1. The first-order valence-corrected chi connectivity index (χ1v) is 18.2. The second-order valence-electron chi connectivity index (χ2n) is 7.58. The van der Waals surface area contributed by atoms with Gasteiger partial charge in [0.05, 0.1) is 22.4 Å². The van der Waals surface area contributed by atoms with Gasteiger partial charge in [-0.2, -0.15) is 8.42 Å². The predicted molar refractivity (Wildman–Crippen MR) is 172 cm³/mol. The van der Waals surface area contributed by atoms with E-state index >= 15 is 0 Å². The van der Waals surface area contributed by atoms with Crippen LogP contribution < -0.4 is 0 Å². The zero-order valence-corrected chi connectivity index (χ0v) is 32.5. The van der Waals surface area contributed by atoms with Crippen molar-refractivity contribution in [3.05, 3.63) is 76.2 Å². The summed E-state index contributed by atoms with van der Waals surface area (Å²) < 4.78 is 35.1. The summed E-state index contributed by atoms with van der Waals surface area (Å²) in [5, 5.41) is 21.1. The minimum Gasteiger partial charge on any atom is -0.506 e. The van der Waals surface area contributed by atoms with Gasteiger partial charge in [0, 0.05) is 30.1 Å². The Balaban J connectivity index is 2.38. The summed E-state index contributed by atoms with van der Waals surface area (Å²) in [5.41, 5.74) is -2.07. The van der Waals surface area contributed by atoms with Crippen LogP contribution in [0.1, 0.15) is 27.0 Å². The number of ketones is 1.